The molecule has 2 aromatic carbocycles. The van der Waals surface area contributed by atoms with Crippen LogP contribution in [0.2, 0.25) is 10.0 Å². The number of nitrogens with zero attached hydrogens (tertiary/aromatic N) is 4. The number of fused-ring (bicyclic) bond motifs is 1. The molecule has 6 nitrogen and oxygen atoms in total. The lowest BCUT2D eigenvalue weighted by atomic mass is 10.1. The van der Waals surface area contributed by atoms with Gasteiger partial charge >= 0.3 is 0 Å². The quantitative estimate of drug-likeness (QED) is 0.497. The molecule has 0 atom stereocenters. The molecule has 5 rings (SSSR count). The number of hydrogen-bond acceptors (Lipinski definition) is 5. The normalized spacial score (nSPS) is 13.8. The summed E-state index contributed by atoms with van der Waals surface area (Å²) < 4.78 is 1.61. The average Bonchev–Trinajstić information content (AvgIpc) is 3.44. The molecule has 2 heterocycles. The molecule has 0 amide bonds. The Morgan fingerprint density at radius 1 is 1.00 bits per heavy atom. The summed E-state index contributed by atoms with van der Waals surface area (Å²) in [7, 11) is 0. The first kappa shape index (κ1) is 17.3. The molecule has 1 fully saturated rings. The molecule has 4 aromatic rings. The zero-order valence-corrected chi connectivity index (χ0v) is 16.2. The van der Waals surface area contributed by atoms with Gasteiger partial charge in [0.25, 0.3) is 0 Å². The van der Waals surface area contributed by atoms with Crippen LogP contribution in [0.1, 0.15) is 12.8 Å². The van der Waals surface area contributed by atoms with E-state index in [0.29, 0.717) is 50.3 Å². The summed E-state index contributed by atoms with van der Waals surface area (Å²) in [5, 5.41) is 9.87. The van der Waals surface area contributed by atoms with E-state index in [9.17, 15) is 0 Å². The van der Waals surface area contributed by atoms with Gasteiger partial charge in [0.05, 0.1) is 21.8 Å². The number of nitrogen functional groups attached to an aromatic ring is 1. The van der Waals surface area contributed by atoms with Gasteiger partial charge < -0.3 is 11.1 Å². The smallest absolute Gasteiger partial charge is 0.225 e. The van der Waals surface area contributed by atoms with Crippen LogP contribution in [0.25, 0.3) is 28.0 Å². The SMILES string of the molecule is Nc1c2c(-c3ccc(Cl)cc3)nc(NC3CC3)nc2nn1-c1ccccc1Cl. The topological polar surface area (TPSA) is 81.7 Å². The molecule has 0 saturated heterocycles. The zero-order chi connectivity index (χ0) is 19.3. The number of para-hydroxylation sites is 1. The number of benzene rings is 2. The minimum absolute atomic E-state index is 0.415. The van der Waals surface area contributed by atoms with Gasteiger partial charge in [0.2, 0.25) is 5.95 Å². The minimum Gasteiger partial charge on any atom is -0.383 e. The molecule has 140 valence electrons. The van der Waals surface area contributed by atoms with Crippen molar-refractivity contribution in [3.05, 3.63) is 58.6 Å². The maximum Gasteiger partial charge on any atom is 0.225 e. The molecule has 28 heavy (non-hydrogen) atoms. The van der Waals surface area contributed by atoms with Crippen molar-refractivity contribution in [1.29, 1.82) is 0 Å². The predicted octanol–water partition coefficient (Wildman–Crippen LogP) is 4.95. The van der Waals surface area contributed by atoms with Crippen LogP contribution in [-0.2, 0) is 0 Å². The Morgan fingerprint density at radius 2 is 1.75 bits per heavy atom. The van der Waals surface area contributed by atoms with Gasteiger partial charge in [-0.05, 0) is 37.1 Å². The maximum absolute atomic E-state index is 6.49. The summed E-state index contributed by atoms with van der Waals surface area (Å²) in [5.41, 5.74) is 9.29. The molecule has 0 spiro atoms. The Kier molecular flexibility index (Phi) is 4.10. The first-order valence-electron chi connectivity index (χ1n) is 8.94. The Balaban J connectivity index is 1.76. The van der Waals surface area contributed by atoms with Crippen LogP contribution < -0.4 is 11.1 Å². The van der Waals surface area contributed by atoms with E-state index in [1.807, 2.05) is 42.5 Å². The molecular weight excluding hydrogens is 395 g/mol. The van der Waals surface area contributed by atoms with E-state index in [4.69, 9.17) is 33.9 Å². The van der Waals surface area contributed by atoms with E-state index >= 15 is 0 Å². The van der Waals surface area contributed by atoms with Gasteiger partial charge in [0, 0.05) is 16.6 Å². The van der Waals surface area contributed by atoms with Crippen molar-refractivity contribution in [3.8, 4) is 16.9 Å². The molecule has 2 aromatic heterocycles. The van der Waals surface area contributed by atoms with Crippen molar-refractivity contribution in [2.75, 3.05) is 11.1 Å². The Hall–Kier alpha value is -2.83. The number of halogens is 2. The summed E-state index contributed by atoms with van der Waals surface area (Å²) in [4.78, 5) is 9.33. The largest absolute Gasteiger partial charge is 0.383 e. The van der Waals surface area contributed by atoms with Crippen molar-refractivity contribution >= 4 is 46.0 Å². The lowest BCUT2D eigenvalue weighted by Crippen LogP contribution is -2.06. The predicted molar refractivity (Wildman–Crippen MR) is 113 cm³/mol. The molecule has 0 bridgehead atoms. The number of hydrogen-bond donors (Lipinski definition) is 2. The Bertz CT molecular complexity index is 1180. The van der Waals surface area contributed by atoms with Crippen molar-refractivity contribution in [2.45, 2.75) is 18.9 Å². The van der Waals surface area contributed by atoms with Gasteiger partial charge in [-0.25, -0.2) is 9.67 Å². The highest BCUT2D eigenvalue weighted by Gasteiger charge is 2.25. The van der Waals surface area contributed by atoms with Gasteiger partial charge in [0.1, 0.15) is 5.82 Å². The van der Waals surface area contributed by atoms with Crippen LogP contribution in [0.4, 0.5) is 11.8 Å². The fourth-order valence-corrected chi connectivity index (χ4v) is 3.45. The van der Waals surface area contributed by atoms with E-state index in [1.165, 1.54) is 0 Å². The van der Waals surface area contributed by atoms with Crippen LogP contribution >= 0.6 is 23.2 Å². The minimum atomic E-state index is 0.415. The first-order chi connectivity index (χ1) is 13.6. The number of nitrogens with one attached hydrogen (secondary N) is 1. The summed E-state index contributed by atoms with van der Waals surface area (Å²) in [6.45, 7) is 0. The molecular formula is C20H16Cl2N6. The summed E-state index contributed by atoms with van der Waals surface area (Å²) in [6, 6.07) is 15.3. The van der Waals surface area contributed by atoms with Crippen molar-refractivity contribution < 1.29 is 0 Å². The second-order valence-corrected chi connectivity index (χ2v) is 7.61. The van der Waals surface area contributed by atoms with Gasteiger partial charge in [-0.15, -0.1) is 5.10 Å². The zero-order valence-electron chi connectivity index (χ0n) is 14.7. The highest BCUT2D eigenvalue weighted by atomic mass is 35.5. The second-order valence-electron chi connectivity index (χ2n) is 6.77. The summed E-state index contributed by atoms with van der Waals surface area (Å²) in [6.07, 6.45) is 2.24. The maximum atomic E-state index is 6.49. The van der Waals surface area contributed by atoms with Crippen molar-refractivity contribution in [3.63, 3.8) is 0 Å². The third-order valence-electron chi connectivity index (χ3n) is 4.68. The van der Waals surface area contributed by atoms with E-state index in [2.05, 4.69) is 15.4 Å². The van der Waals surface area contributed by atoms with Crippen molar-refractivity contribution in [2.24, 2.45) is 0 Å². The van der Waals surface area contributed by atoms with Gasteiger partial charge in [-0.3, -0.25) is 0 Å². The highest BCUT2D eigenvalue weighted by Crippen LogP contribution is 2.35. The average molecular weight is 411 g/mol. The Labute approximate surface area is 171 Å². The molecule has 1 saturated carbocycles. The standard InChI is InChI=1S/C20H16Cl2N6/c21-12-7-5-11(6-8-12)17-16-18(23)28(15-4-2-1-3-14(15)22)27-19(16)26-20(25-17)24-13-9-10-13/h1-8,13H,9-10,23H2,(H,24,26,27). The lowest BCUT2D eigenvalue weighted by Gasteiger charge is -2.08. The third kappa shape index (κ3) is 3.04. The molecule has 0 aliphatic heterocycles. The fraction of sp³-hybridized carbons (Fsp3) is 0.150. The first-order valence-corrected chi connectivity index (χ1v) is 9.69. The van der Waals surface area contributed by atoms with E-state index < -0.39 is 0 Å². The molecule has 1 aliphatic rings. The third-order valence-corrected chi connectivity index (χ3v) is 5.25. The van der Waals surface area contributed by atoms with Gasteiger partial charge in [0.15, 0.2) is 5.65 Å². The molecule has 8 heteroatoms. The molecule has 3 N–H and O–H groups in total. The molecule has 1 aliphatic carbocycles. The van der Waals surface area contributed by atoms with Crippen LogP contribution in [0.3, 0.4) is 0 Å². The fourth-order valence-electron chi connectivity index (χ4n) is 3.11. The number of aromatic nitrogens is 4. The van der Waals surface area contributed by atoms with Gasteiger partial charge in [-0.2, -0.15) is 4.98 Å². The second kappa shape index (κ2) is 6.65. The summed E-state index contributed by atoms with van der Waals surface area (Å²) >= 11 is 12.4. The Morgan fingerprint density at radius 3 is 2.46 bits per heavy atom. The number of rotatable bonds is 4. The number of anilines is 2. The number of nitrogens with two attached hydrogens (primary N) is 1. The highest BCUT2D eigenvalue weighted by molar-refractivity contribution is 6.32. The van der Waals surface area contributed by atoms with Crippen LogP contribution in [-0.4, -0.2) is 25.8 Å². The van der Waals surface area contributed by atoms with Crippen LogP contribution in [0, 0.1) is 0 Å². The van der Waals surface area contributed by atoms with E-state index in [1.54, 1.807) is 10.7 Å². The molecule has 0 unspecified atom stereocenters. The van der Waals surface area contributed by atoms with Crippen LogP contribution in [0.15, 0.2) is 48.5 Å². The van der Waals surface area contributed by atoms with E-state index in [-0.39, 0.29) is 0 Å². The lowest BCUT2D eigenvalue weighted by molar-refractivity contribution is 0.899. The van der Waals surface area contributed by atoms with Crippen LogP contribution in [0.5, 0.6) is 0 Å². The van der Waals surface area contributed by atoms with Crippen molar-refractivity contribution in [1.82, 2.24) is 19.7 Å². The monoisotopic (exact) mass is 410 g/mol. The summed E-state index contributed by atoms with van der Waals surface area (Å²) in [5.74, 6) is 0.981. The molecule has 0 radical (unpaired) electrons. The van der Waals surface area contributed by atoms with Gasteiger partial charge in [-0.1, -0.05) is 47.5 Å². The van der Waals surface area contributed by atoms with E-state index in [0.717, 1.165) is 18.4 Å².